The molecule has 0 saturated carbocycles. The summed E-state index contributed by atoms with van der Waals surface area (Å²) in [5.74, 6) is -0.837. The van der Waals surface area contributed by atoms with Crippen LogP contribution in [0.25, 0.3) is 0 Å². The van der Waals surface area contributed by atoms with Gasteiger partial charge in [0.2, 0.25) is 0 Å². The smallest absolute Gasteiger partial charge is 0.312 e. The first-order chi connectivity index (χ1) is 7.63. The number of hydrogen-bond donors (Lipinski definition) is 1. The van der Waals surface area contributed by atoms with Gasteiger partial charge in [0.1, 0.15) is 0 Å². The molecule has 16 heavy (non-hydrogen) atoms. The van der Waals surface area contributed by atoms with Crippen molar-refractivity contribution in [1.29, 1.82) is 0 Å². The molecule has 3 nitrogen and oxygen atoms in total. The normalized spacial score (nSPS) is 22.9. The minimum Gasteiger partial charge on any atom is -0.466 e. The van der Waals surface area contributed by atoms with Gasteiger partial charge >= 0.3 is 5.97 Å². The predicted octanol–water partition coefficient (Wildman–Crippen LogP) is 2.11. The fraction of sp³-hybridized carbons (Fsp3) is 0.417. The molecular weight excluding hydrogens is 228 g/mol. The molecule has 0 unspecified atom stereocenters. The molecule has 0 heterocycles. The molecule has 0 spiro atoms. The fourth-order valence-electron chi connectivity index (χ4n) is 2.07. The number of fused-ring (bicyclic) bond motifs is 1. The number of ether oxygens (including phenoxy) is 1. The Morgan fingerprint density at radius 1 is 1.62 bits per heavy atom. The second-order valence-electron chi connectivity index (χ2n) is 3.85. The standard InChI is InChI=1S/C12H13ClO3/c1-2-16-12(15)10-6-7-5-8(13)3-4-9(7)11(10)14/h3-5,10-11,14H,2,6H2,1H3/t10-,11+/m0/s1. The third-order valence-corrected chi connectivity index (χ3v) is 3.07. The van der Waals surface area contributed by atoms with Crippen LogP contribution in [0.4, 0.5) is 0 Å². The van der Waals surface area contributed by atoms with Crippen LogP contribution in [0.5, 0.6) is 0 Å². The summed E-state index contributed by atoms with van der Waals surface area (Å²) in [4.78, 5) is 11.6. The molecule has 0 bridgehead atoms. The number of carbonyl (C=O) groups is 1. The highest BCUT2D eigenvalue weighted by molar-refractivity contribution is 6.30. The molecule has 0 radical (unpaired) electrons. The van der Waals surface area contributed by atoms with E-state index in [2.05, 4.69) is 0 Å². The summed E-state index contributed by atoms with van der Waals surface area (Å²) >= 11 is 5.86. The Kier molecular flexibility index (Phi) is 3.17. The van der Waals surface area contributed by atoms with Gasteiger partial charge < -0.3 is 9.84 Å². The molecule has 1 N–H and O–H groups in total. The van der Waals surface area contributed by atoms with Crippen LogP contribution in [-0.4, -0.2) is 17.7 Å². The Bertz CT molecular complexity index is 417. The zero-order chi connectivity index (χ0) is 11.7. The lowest BCUT2D eigenvalue weighted by molar-refractivity contribution is -0.151. The van der Waals surface area contributed by atoms with E-state index in [4.69, 9.17) is 16.3 Å². The van der Waals surface area contributed by atoms with E-state index in [-0.39, 0.29) is 5.97 Å². The summed E-state index contributed by atoms with van der Waals surface area (Å²) in [5, 5.41) is 10.6. The van der Waals surface area contributed by atoms with E-state index < -0.39 is 12.0 Å². The molecule has 0 amide bonds. The second-order valence-corrected chi connectivity index (χ2v) is 4.29. The Balaban J connectivity index is 2.23. The van der Waals surface area contributed by atoms with E-state index in [1.54, 1.807) is 25.1 Å². The largest absolute Gasteiger partial charge is 0.466 e. The van der Waals surface area contributed by atoms with Gasteiger partial charge in [-0.2, -0.15) is 0 Å². The molecule has 1 aromatic carbocycles. The molecule has 1 aliphatic carbocycles. The average molecular weight is 241 g/mol. The highest BCUT2D eigenvalue weighted by Gasteiger charge is 2.36. The lowest BCUT2D eigenvalue weighted by Crippen LogP contribution is -2.21. The minimum absolute atomic E-state index is 0.332. The van der Waals surface area contributed by atoms with Gasteiger partial charge in [-0.1, -0.05) is 17.7 Å². The lowest BCUT2D eigenvalue weighted by atomic mass is 10.0. The van der Waals surface area contributed by atoms with Gasteiger partial charge in [-0.3, -0.25) is 4.79 Å². The number of benzene rings is 1. The van der Waals surface area contributed by atoms with Gasteiger partial charge in [0.15, 0.2) is 0 Å². The van der Waals surface area contributed by atoms with Crippen molar-refractivity contribution in [2.45, 2.75) is 19.4 Å². The van der Waals surface area contributed by atoms with Crippen molar-refractivity contribution in [3.63, 3.8) is 0 Å². The molecule has 1 aromatic rings. The molecular formula is C12H13ClO3. The SMILES string of the molecule is CCOC(=O)[C@H]1Cc2cc(Cl)ccc2[C@H]1O. The Morgan fingerprint density at radius 3 is 3.06 bits per heavy atom. The van der Waals surface area contributed by atoms with Gasteiger partial charge in [0.25, 0.3) is 0 Å². The van der Waals surface area contributed by atoms with Crippen LogP contribution >= 0.6 is 11.6 Å². The first-order valence-electron chi connectivity index (χ1n) is 5.26. The van der Waals surface area contributed by atoms with Crippen molar-refractivity contribution in [3.05, 3.63) is 34.3 Å². The van der Waals surface area contributed by atoms with Crippen LogP contribution in [0.15, 0.2) is 18.2 Å². The molecule has 4 heteroatoms. The van der Waals surface area contributed by atoms with Gasteiger partial charge in [-0.05, 0) is 36.6 Å². The number of halogens is 1. The first-order valence-corrected chi connectivity index (χ1v) is 5.64. The van der Waals surface area contributed by atoms with Crippen molar-refractivity contribution >= 4 is 17.6 Å². The zero-order valence-corrected chi connectivity index (χ0v) is 9.70. The topological polar surface area (TPSA) is 46.5 Å². The van der Waals surface area contributed by atoms with Gasteiger partial charge in [0.05, 0.1) is 18.6 Å². The maximum atomic E-state index is 11.6. The van der Waals surface area contributed by atoms with E-state index >= 15 is 0 Å². The molecule has 0 fully saturated rings. The van der Waals surface area contributed by atoms with E-state index in [1.165, 1.54) is 0 Å². The summed E-state index contributed by atoms with van der Waals surface area (Å²) in [6.07, 6.45) is -0.276. The highest BCUT2D eigenvalue weighted by Crippen LogP contribution is 2.37. The van der Waals surface area contributed by atoms with E-state index in [0.717, 1.165) is 11.1 Å². The van der Waals surface area contributed by atoms with E-state index in [1.807, 2.05) is 0 Å². The van der Waals surface area contributed by atoms with Gasteiger partial charge in [-0.25, -0.2) is 0 Å². The van der Waals surface area contributed by atoms with Crippen molar-refractivity contribution in [1.82, 2.24) is 0 Å². The van der Waals surface area contributed by atoms with Crippen molar-refractivity contribution in [2.75, 3.05) is 6.61 Å². The third kappa shape index (κ3) is 1.93. The van der Waals surface area contributed by atoms with E-state index in [9.17, 15) is 9.90 Å². The number of rotatable bonds is 2. The molecule has 0 saturated heterocycles. The van der Waals surface area contributed by atoms with Crippen LogP contribution in [0.1, 0.15) is 24.2 Å². The summed E-state index contributed by atoms with van der Waals surface area (Å²) in [6, 6.07) is 5.28. The summed E-state index contributed by atoms with van der Waals surface area (Å²) < 4.78 is 4.93. The maximum absolute atomic E-state index is 11.6. The van der Waals surface area contributed by atoms with Crippen molar-refractivity contribution < 1.29 is 14.6 Å². The quantitative estimate of drug-likeness (QED) is 0.806. The molecule has 2 atom stereocenters. The highest BCUT2D eigenvalue weighted by atomic mass is 35.5. The number of hydrogen-bond acceptors (Lipinski definition) is 3. The van der Waals surface area contributed by atoms with Gasteiger partial charge in [0, 0.05) is 5.02 Å². The average Bonchev–Trinajstić information content (AvgIpc) is 2.56. The monoisotopic (exact) mass is 240 g/mol. The van der Waals surface area contributed by atoms with E-state index in [0.29, 0.717) is 18.1 Å². The molecule has 86 valence electrons. The molecule has 0 aliphatic heterocycles. The third-order valence-electron chi connectivity index (χ3n) is 2.83. The van der Waals surface area contributed by atoms with Gasteiger partial charge in [-0.15, -0.1) is 0 Å². The Labute approximate surface area is 99.0 Å². The molecule has 0 aromatic heterocycles. The summed E-state index contributed by atoms with van der Waals surface area (Å²) in [5.41, 5.74) is 1.71. The summed E-state index contributed by atoms with van der Waals surface area (Å²) in [6.45, 7) is 2.09. The summed E-state index contributed by atoms with van der Waals surface area (Å²) in [7, 11) is 0. The Hall–Kier alpha value is -1.06. The van der Waals surface area contributed by atoms with Crippen LogP contribution in [-0.2, 0) is 16.0 Å². The van der Waals surface area contributed by atoms with Crippen molar-refractivity contribution in [2.24, 2.45) is 5.92 Å². The fourth-order valence-corrected chi connectivity index (χ4v) is 2.26. The minimum atomic E-state index is -0.772. The van der Waals surface area contributed by atoms with Crippen LogP contribution in [0, 0.1) is 5.92 Å². The van der Waals surface area contributed by atoms with Crippen LogP contribution in [0.3, 0.4) is 0 Å². The zero-order valence-electron chi connectivity index (χ0n) is 8.94. The van der Waals surface area contributed by atoms with Crippen molar-refractivity contribution in [3.8, 4) is 0 Å². The molecule has 2 rings (SSSR count). The Morgan fingerprint density at radius 2 is 2.38 bits per heavy atom. The first kappa shape index (κ1) is 11.4. The number of aliphatic hydroxyl groups excluding tert-OH is 1. The number of aliphatic hydroxyl groups is 1. The lowest BCUT2D eigenvalue weighted by Gasteiger charge is -2.13. The predicted molar refractivity (Wildman–Crippen MR) is 60.2 cm³/mol. The maximum Gasteiger partial charge on any atom is 0.312 e. The van der Waals surface area contributed by atoms with Crippen LogP contribution < -0.4 is 0 Å². The number of esters is 1. The number of carbonyl (C=O) groups excluding carboxylic acids is 1. The second kappa shape index (κ2) is 4.44. The molecule has 1 aliphatic rings. The van der Waals surface area contributed by atoms with Crippen LogP contribution in [0.2, 0.25) is 5.02 Å².